The van der Waals surface area contributed by atoms with Crippen molar-refractivity contribution in [3.63, 3.8) is 0 Å². The summed E-state index contributed by atoms with van der Waals surface area (Å²) < 4.78 is 0. The number of ketones is 1. The molecule has 0 saturated heterocycles. The number of rotatable bonds is 6. The van der Waals surface area contributed by atoms with Crippen LogP contribution in [0.5, 0.6) is 0 Å². The highest BCUT2D eigenvalue weighted by Gasteiger charge is 2.31. The first kappa shape index (κ1) is 15.7. The molecule has 3 nitrogen and oxygen atoms in total. The Morgan fingerprint density at radius 2 is 2.11 bits per heavy atom. The van der Waals surface area contributed by atoms with Crippen LogP contribution in [0.1, 0.15) is 46.0 Å². The Balaban J connectivity index is 2.57. The standard InChI is InChI=1S/C14H23ClO3/c1-3-4-5-9(2)14(18)12(15)7-10-6-11(16)8-13(10)17/h7,9-11,13,16-17H,3-6,8H2,1-2H3/t9?,10-,11+,13-/m1/s1. The summed E-state index contributed by atoms with van der Waals surface area (Å²) in [5, 5.41) is 19.3. The number of hydrogen-bond donors (Lipinski definition) is 2. The number of allylic oxidation sites excluding steroid dienone is 1. The van der Waals surface area contributed by atoms with E-state index in [1.807, 2.05) is 6.92 Å². The van der Waals surface area contributed by atoms with Crippen LogP contribution in [0.15, 0.2) is 11.1 Å². The molecule has 1 saturated carbocycles. The lowest BCUT2D eigenvalue weighted by molar-refractivity contribution is -0.118. The lowest BCUT2D eigenvalue weighted by Gasteiger charge is -2.12. The molecule has 1 rings (SSSR count). The lowest BCUT2D eigenvalue weighted by Crippen LogP contribution is -2.15. The van der Waals surface area contributed by atoms with E-state index in [1.165, 1.54) is 0 Å². The summed E-state index contributed by atoms with van der Waals surface area (Å²) in [6, 6.07) is 0. The summed E-state index contributed by atoms with van der Waals surface area (Å²) in [6.45, 7) is 3.97. The van der Waals surface area contributed by atoms with Crippen molar-refractivity contribution in [2.45, 2.75) is 58.2 Å². The Hall–Kier alpha value is -0.380. The van der Waals surface area contributed by atoms with Crippen LogP contribution in [0.25, 0.3) is 0 Å². The average Bonchev–Trinajstić information content (AvgIpc) is 2.63. The molecule has 4 heteroatoms. The molecule has 1 unspecified atom stereocenters. The highest BCUT2D eigenvalue weighted by atomic mass is 35.5. The van der Waals surface area contributed by atoms with E-state index in [-0.39, 0.29) is 22.7 Å². The van der Waals surface area contributed by atoms with Gasteiger partial charge in [0, 0.05) is 11.8 Å². The second kappa shape index (κ2) is 7.27. The van der Waals surface area contributed by atoms with Gasteiger partial charge in [-0.05, 0) is 19.3 Å². The second-order valence-corrected chi connectivity index (χ2v) is 5.69. The lowest BCUT2D eigenvalue weighted by atomic mass is 9.97. The van der Waals surface area contributed by atoms with Crippen LogP contribution in [-0.4, -0.2) is 28.2 Å². The zero-order valence-corrected chi connectivity index (χ0v) is 11.9. The predicted octanol–water partition coefficient (Wildman–Crippen LogP) is 2.64. The van der Waals surface area contributed by atoms with Gasteiger partial charge in [0.1, 0.15) is 0 Å². The van der Waals surface area contributed by atoms with E-state index in [0.717, 1.165) is 19.3 Å². The summed E-state index contributed by atoms with van der Waals surface area (Å²) in [4.78, 5) is 12.0. The van der Waals surface area contributed by atoms with Gasteiger partial charge in [0.2, 0.25) is 0 Å². The topological polar surface area (TPSA) is 57.5 Å². The van der Waals surface area contributed by atoms with Crippen molar-refractivity contribution in [1.82, 2.24) is 0 Å². The van der Waals surface area contributed by atoms with E-state index >= 15 is 0 Å². The Labute approximate surface area is 114 Å². The van der Waals surface area contributed by atoms with Gasteiger partial charge in [-0.1, -0.05) is 44.4 Å². The van der Waals surface area contributed by atoms with Crippen LogP contribution in [-0.2, 0) is 4.79 Å². The van der Waals surface area contributed by atoms with Gasteiger partial charge in [-0.15, -0.1) is 0 Å². The number of carbonyl (C=O) groups is 1. The van der Waals surface area contributed by atoms with Crippen molar-refractivity contribution in [1.29, 1.82) is 0 Å². The third-order valence-corrected chi connectivity index (χ3v) is 3.90. The molecule has 0 aromatic rings. The van der Waals surface area contributed by atoms with Crippen molar-refractivity contribution in [2.75, 3.05) is 0 Å². The van der Waals surface area contributed by atoms with Gasteiger partial charge in [0.25, 0.3) is 0 Å². The molecule has 1 aliphatic carbocycles. The van der Waals surface area contributed by atoms with Gasteiger partial charge >= 0.3 is 0 Å². The van der Waals surface area contributed by atoms with Crippen LogP contribution in [0.2, 0.25) is 0 Å². The molecule has 104 valence electrons. The second-order valence-electron chi connectivity index (χ2n) is 5.28. The molecule has 0 heterocycles. The molecule has 0 aromatic carbocycles. The third-order valence-electron chi connectivity index (χ3n) is 3.59. The smallest absolute Gasteiger partial charge is 0.176 e. The summed E-state index contributed by atoms with van der Waals surface area (Å²) in [7, 11) is 0. The van der Waals surface area contributed by atoms with E-state index in [2.05, 4.69) is 6.92 Å². The number of aliphatic hydroxyl groups is 2. The van der Waals surface area contributed by atoms with Gasteiger partial charge in [0.05, 0.1) is 17.2 Å². The molecular formula is C14H23ClO3. The third kappa shape index (κ3) is 4.38. The minimum atomic E-state index is -0.590. The van der Waals surface area contributed by atoms with Crippen molar-refractivity contribution < 1.29 is 15.0 Å². The van der Waals surface area contributed by atoms with Gasteiger partial charge in [0.15, 0.2) is 5.78 Å². The van der Waals surface area contributed by atoms with Crippen LogP contribution in [0.3, 0.4) is 0 Å². The zero-order chi connectivity index (χ0) is 13.7. The number of aliphatic hydroxyl groups excluding tert-OH is 2. The first-order valence-corrected chi connectivity index (χ1v) is 7.11. The molecule has 2 N–H and O–H groups in total. The van der Waals surface area contributed by atoms with Gasteiger partial charge in [-0.2, -0.15) is 0 Å². The zero-order valence-electron chi connectivity index (χ0n) is 11.1. The first-order chi connectivity index (χ1) is 8.45. The number of carbonyl (C=O) groups excluding carboxylic acids is 1. The highest BCUT2D eigenvalue weighted by Crippen LogP contribution is 2.29. The van der Waals surface area contributed by atoms with Gasteiger partial charge < -0.3 is 10.2 Å². The molecule has 18 heavy (non-hydrogen) atoms. The van der Waals surface area contributed by atoms with E-state index in [4.69, 9.17) is 11.6 Å². The first-order valence-electron chi connectivity index (χ1n) is 6.73. The molecular weight excluding hydrogens is 252 g/mol. The van der Waals surface area contributed by atoms with Gasteiger partial charge in [-0.3, -0.25) is 4.79 Å². The molecule has 4 atom stereocenters. The Kier molecular flexibility index (Phi) is 6.33. The van der Waals surface area contributed by atoms with E-state index in [0.29, 0.717) is 12.8 Å². The normalized spacial score (nSPS) is 30.5. The Morgan fingerprint density at radius 3 is 2.61 bits per heavy atom. The molecule has 0 radical (unpaired) electrons. The van der Waals surface area contributed by atoms with Crippen LogP contribution in [0.4, 0.5) is 0 Å². The maximum atomic E-state index is 12.0. The number of Topliss-reactive ketones (excluding diaryl/α,β-unsaturated/α-hetero) is 1. The molecule has 0 aromatic heterocycles. The highest BCUT2D eigenvalue weighted by molar-refractivity contribution is 6.42. The minimum Gasteiger partial charge on any atom is -0.393 e. The molecule has 0 aliphatic heterocycles. The van der Waals surface area contributed by atoms with E-state index in [9.17, 15) is 15.0 Å². The van der Waals surface area contributed by atoms with Crippen LogP contribution in [0, 0.1) is 11.8 Å². The average molecular weight is 275 g/mol. The summed E-state index contributed by atoms with van der Waals surface area (Å²) in [6.07, 6.45) is 4.31. The maximum absolute atomic E-state index is 12.0. The summed E-state index contributed by atoms with van der Waals surface area (Å²) >= 11 is 6.02. The molecule has 0 bridgehead atoms. The van der Waals surface area contributed by atoms with Crippen molar-refractivity contribution in [2.24, 2.45) is 11.8 Å². The maximum Gasteiger partial charge on any atom is 0.176 e. The Morgan fingerprint density at radius 1 is 1.44 bits per heavy atom. The van der Waals surface area contributed by atoms with Gasteiger partial charge in [-0.25, -0.2) is 0 Å². The fourth-order valence-corrected chi connectivity index (χ4v) is 2.70. The molecule has 1 fully saturated rings. The summed E-state index contributed by atoms with van der Waals surface area (Å²) in [5.74, 6) is -0.328. The fraction of sp³-hybridized carbons (Fsp3) is 0.786. The monoisotopic (exact) mass is 274 g/mol. The predicted molar refractivity (Wildman–Crippen MR) is 72.4 cm³/mol. The van der Waals surface area contributed by atoms with E-state index < -0.39 is 12.2 Å². The molecule has 0 spiro atoms. The van der Waals surface area contributed by atoms with Crippen molar-refractivity contribution in [3.05, 3.63) is 11.1 Å². The van der Waals surface area contributed by atoms with Crippen molar-refractivity contribution >= 4 is 17.4 Å². The minimum absolute atomic E-state index is 0.0568. The molecule has 1 aliphatic rings. The number of hydrogen-bond acceptors (Lipinski definition) is 3. The largest absolute Gasteiger partial charge is 0.393 e. The van der Waals surface area contributed by atoms with E-state index in [1.54, 1.807) is 6.08 Å². The number of halogens is 1. The number of unbranched alkanes of at least 4 members (excludes halogenated alkanes) is 1. The summed E-state index contributed by atoms with van der Waals surface area (Å²) in [5.41, 5.74) is 0. The Bertz CT molecular complexity index is 314. The van der Waals surface area contributed by atoms with Crippen LogP contribution < -0.4 is 0 Å². The SMILES string of the molecule is CCCCC(C)C(=O)C(Cl)=C[C@H]1C[C@H](O)C[C@H]1O. The fourth-order valence-electron chi connectivity index (χ4n) is 2.35. The quantitative estimate of drug-likeness (QED) is 0.732. The van der Waals surface area contributed by atoms with Crippen molar-refractivity contribution in [3.8, 4) is 0 Å². The molecule has 0 amide bonds. The van der Waals surface area contributed by atoms with Crippen LogP contribution >= 0.6 is 11.6 Å².